The average molecular weight is 766 g/mol. The number of hydrogen-bond donors (Lipinski definition) is 2. The summed E-state index contributed by atoms with van der Waals surface area (Å²) < 4.78 is 38.8. The molecule has 53 heavy (non-hydrogen) atoms. The topological polar surface area (TPSA) is 130 Å². The van der Waals surface area contributed by atoms with Crippen molar-refractivity contribution >= 4 is 13.8 Å². The van der Waals surface area contributed by atoms with Crippen LogP contribution in [0.5, 0.6) is 0 Å². The first-order chi connectivity index (χ1) is 25.9. The Labute approximate surface area is 323 Å². The lowest BCUT2D eigenvalue weighted by Gasteiger charge is -2.19. The van der Waals surface area contributed by atoms with Crippen molar-refractivity contribution in [2.45, 2.75) is 180 Å². The van der Waals surface area contributed by atoms with Gasteiger partial charge in [-0.3, -0.25) is 13.8 Å². The standard InChI is InChI=1S/C43H76NO8P/c1-3-5-7-8-9-10-11-12-13-14-15-18-21-24-27-31-36-48-40(39-51-53(46,47)50-37-35-44)38-49-43(45)34-30-26-23-20-17-16-19-22-25-29-33-42-41(52-42)32-28-6-4-2/h12-13,16,19-20,23,25,29,31,36,40-42H,3-11,14-15,17-18,21-22,24,26-28,30,32-35,37-39,44H2,1-2H3,(H,46,47)/b13-12-,19-16-,23-20-,29-25-,36-31+/t40-,41?,42?/m1/s1. The Hall–Kier alpha value is -2.00. The van der Waals surface area contributed by atoms with Crippen LogP contribution in [-0.4, -0.2) is 55.5 Å². The number of nitrogens with two attached hydrogens (primary N) is 1. The molecule has 0 amide bonds. The van der Waals surface area contributed by atoms with Crippen molar-refractivity contribution in [1.82, 2.24) is 0 Å². The maximum Gasteiger partial charge on any atom is 0.472 e. The molecule has 1 rings (SSSR count). The Morgan fingerprint density at radius 2 is 1.26 bits per heavy atom. The van der Waals surface area contributed by atoms with Crippen molar-refractivity contribution in [2.75, 3.05) is 26.4 Å². The molecular weight excluding hydrogens is 689 g/mol. The van der Waals surface area contributed by atoms with Crippen molar-refractivity contribution in [3.63, 3.8) is 0 Å². The molecule has 1 heterocycles. The minimum Gasteiger partial charge on any atom is -0.492 e. The lowest BCUT2D eigenvalue weighted by Crippen LogP contribution is -2.25. The summed E-state index contributed by atoms with van der Waals surface area (Å²) in [5.74, 6) is -0.352. The third-order valence-electron chi connectivity index (χ3n) is 8.92. The molecule has 0 aliphatic carbocycles. The van der Waals surface area contributed by atoms with Crippen LogP contribution in [0.15, 0.2) is 60.9 Å². The highest BCUT2D eigenvalue weighted by Crippen LogP contribution is 2.43. The highest BCUT2D eigenvalue weighted by molar-refractivity contribution is 7.47. The summed E-state index contributed by atoms with van der Waals surface area (Å²) in [7, 11) is -4.29. The zero-order valence-electron chi connectivity index (χ0n) is 33.4. The molecule has 306 valence electrons. The first-order valence-electron chi connectivity index (χ1n) is 20.9. The van der Waals surface area contributed by atoms with E-state index in [-0.39, 0.29) is 38.8 Å². The van der Waals surface area contributed by atoms with Crippen molar-refractivity contribution in [3.8, 4) is 0 Å². The number of epoxide rings is 1. The van der Waals surface area contributed by atoms with Crippen molar-refractivity contribution in [2.24, 2.45) is 5.73 Å². The Morgan fingerprint density at radius 1 is 0.698 bits per heavy atom. The van der Waals surface area contributed by atoms with Gasteiger partial charge in [-0.25, -0.2) is 4.57 Å². The molecule has 4 atom stereocenters. The molecule has 0 bridgehead atoms. The minimum absolute atomic E-state index is 0.0874. The predicted octanol–water partition coefficient (Wildman–Crippen LogP) is 11.5. The molecule has 1 aliphatic heterocycles. The van der Waals surface area contributed by atoms with Crippen LogP contribution in [0.2, 0.25) is 0 Å². The molecule has 9 nitrogen and oxygen atoms in total. The highest BCUT2D eigenvalue weighted by Gasteiger charge is 2.36. The van der Waals surface area contributed by atoms with Gasteiger partial charge in [0.15, 0.2) is 6.10 Å². The summed E-state index contributed by atoms with van der Waals surface area (Å²) >= 11 is 0. The minimum atomic E-state index is -4.29. The summed E-state index contributed by atoms with van der Waals surface area (Å²) in [6.45, 7) is 4.08. The number of unbranched alkanes of at least 4 members (excludes halogenated alkanes) is 14. The number of carbonyl (C=O) groups is 1. The fourth-order valence-electron chi connectivity index (χ4n) is 5.65. The van der Waals surface area contributed by atoms with Crippen LogP contribution in [0.3, 0.4) is 0 Å². The van der Waals surface area contributed by atoms with Crippen LogP contribution < -0.4 is 5.73 Å². The molecule has 3 N–H and O–H groups in total. The van der Waals surface area contributed by atoms with Crippen molar-refractivity contribution in [3.05, 3.63) is 60.9 Å². The molecular formula is C43H76NO8P. The number of phosphoric ester groups is 1. The van der Waals surface area contributed by atoms with Gasteiger partial charge in [-0.05, 0) is 83.1 Å². The van der Waals surface area contributed by atoms with E-state index in [1.165, 1.54) is 83.5 Å². The molecule has 0 saturated carbocycles. The Bertz CT molecular complexity index is 1060. The van der Waals surface area contributed by atoms with E-state index in [0.29, 0.717) is 18.6 Å². The van der Waals surface area contributed by atoms with Crippen molar-refractivity contribution < 1.29 is 37.5 Å². The van der Waals surface area contributed by atoms with E-state index in [9.17, 15) is 14.3 Å². The van der Waals surface area contributed by atoms with Gasteiger partial charge < -0.3 is 24.8 Å². The van der Waals surface area contributed by atoms with Gasteiger partial charge >= 0.3 is 13.8 Å². The number of allylic oxidation sites excluding steroid dienone is 8. The second-order valence-electron chi connectivity index (χ2n) is 13.9. The van der Waals surface area contributed by atoms with Crippen LogP contribution in [0.1, 0.15) is 162 Å². The van der Waals surface area contributed by atoms with Gasteiger partial charge in [-0.1, -0.05) is 127 Å². The molecule has 0 spiro atoms. The quantitative estimate of drug-likeness (QED) is 0.0157. The van der Waals surface area contributed by atoms with Gasteiger partial charge in [-0.2, -0.15) is 0 Å². The number of hydrogen-bond acceptors (Lipinski definition) is 8. The monoisotopic (exact) mass is 766 g/mol. The molecule has 0 radical (unpaired) electrons. The van der Waals surface area contributed by atoms with E-state index in [4.69, 9.17) is 29.0 Å². The first kappa shape index (κ1) is 49.0. The third-order valence-corrected chi connectivity index (χ3v) is 9.90. The summed E-state index contributed by atoms with van der Waals surface area (Å²) in [4.78, 5) is 22.2. The van der Waals surface area contributed by atoms with E-state index < -0.39 is 13.9 Å². The molecule has 0 aromatic heterocycles. The fraction of sp³-hybridized carbons (Fsp3) is 0.744. The zero-order chi connectivity index (χ0) is 38.5. The predicted molar refractivity (Wildman–Crippen MR) is 219 cm³/mol. The molecule has 3 unspecified atom stereocenters. The van der Waals surface area contributed by atoms with E-state index >= 15 is 0 Å². The summed E-state index contributed by atoms with van der Waals surface area (Å²) in [5, 5.41) is 0. The molecule has 1 aliphatic rings. The Kier molecular flexibility index (Phi) is 33.0. The summed E-state index contributed by atoms with van der Waals surface area (Å²) in [5.41, 5.74) is 5.36. The van der Waals surface area contributed by atoms with Crippen LogP contribution >= 0.6 is 7.82 Å². The number of ether oxygens (including phenoxy) is 3. The Balaban J connectivity index is 2.20. The molecule has 1 fully saturated rings. The normalized spacial score (nSPS) is 17.9. The summed E-state index contributed by atoms with van der Waals surface area (Å²) in [6, 6.07) is 0. The van der Waals surface area contributed by atoms with Gasteiger partial charge in [0.05, 0.1) is 31.7 Å². The number of phosphoric acid groups is 1. The van der Waals surface area contributed by atoms with Gasteiger partial charge in [0, 0.05) is 13.0 Å². The fourth-order valence-corrected chi connectivity index (χ4v) is 6.41. The number of carbonyl (C=O) groups excluding carboxylic acids is 1. The van der Waals surface area contributed by atoms with E-state index in [0.717, 1.165) is 51.4 Å². The van der Waals surface area contributed by atoms with Crippen LogP contribution in [0, 0.1) is 0 Å². The number of esters is 1. The van der Waals surface area contributed by atoms with Gasteiger partial charge in [0.2, 0.25) is 0 Å². The molecule has 1 saturated heterocycles. The third kappa shape index (κ3) is 33.1. The maximum atomic E-state index is 12.4. The van der Waals surface area contributed by atoms with Gasteiger partial charge in [-0.15, -0.1) is 0 Å². The highest BCUT2D eigenvalue weighted by atomic mass is 31.2. The van der Waals surface area contributed by atoms with Crippen molar-refractivity contribution in [1.29, 1.82) is 0 Å². The van der Waals surface area contributed by atoms with Gasteiger partial charge in [0.25, 0.3) is 0 Å². The van der Waals surface area contributed by atoms with E-state index in [2.05, 4.69) is 62.5 Å². The maximum absolute atomic E-state index is 12.4. The van der Waals surface area contributed by atoms with E-state index in [1.807, 2.05) is 6.08 Å². The lowest BCUT2D eigenvalue weighted by atomic mass is 10.1. The first-order valence-corrected chi connectivity index (χ1v) is 22.4. The average Bonchev–Trinajstić information content (AvgIpc) is 3.91. The summed E-state index contributed by atoms with van der Waals surface area (Å²) in [6.07, 6.45) is 46.6. The molecule has 10 heteroatoms. The largest absolute Gasteiger partial charge is 0.492 e. The van der Waals surface area contributed by atoms with E-state index in [1.54, 1.807) is 6.26 Å². The molecule has 0 aromatic rings. The zero-order valence-corrected chi connectivity index (χ0v) is 34.3. The lowest BCUT2D eigenvalue weighted by molar-refractivity contribution is -0.147. The van der Waals surface area contributed by atoms with Crippen LogP contribution in [-0.2, 0) is 32.6 Å². The number of rotatable bonds is 38. The second-order valence-corrected chi connectivity index (χ2v) is 15.4. The van der Waals surface area contributed by atoms with Gasteiger partial charge in [0.1, 0.15) is 6.61 Å². The molecule has 0 aromatic carbocycles. The van der Waals surface area contributed by atoms with Crippen LogP contribution in [0.4, 0.5) is 0 Å². The SMILES string of the molecule is CCCCCCCC/C=C\CCCCCC/C=C/O[C@H](COC(=O)CCC/C=C\C/C=C\C/C=C\CC1OC1CCCCC)COP(=O)(O)OCCN. The van der Waals surface area contributed by atoms with Crippen LogP contribution in [0.25, 0.3) is 0 Å². The Morgan fingerprint density at radius 3 is 1.94 bits per heavy atom. The smallest absolute Gasteiger partial charge is 0.472 e. The second kappa shape index (κ2) is 35.7.